The molecular formula is C11H23N3O2S. The van der Waals surface area contributed by atoms with Crippen LogP contribution < -0.4 is 11.1 Å². The number of amides is 1. The summed E-state index contributed by atoms with van der Waals surface area (Å²) in [5.41, 5.74) is 4.49. The average molecular weight is 261 g/mol. The number of nitrogens with zero attached hydrogens (tertiary/aromatic N) is 1. The Bertz CT molecular complexity index is 267. The summed E-state index contributed by atoms with van der Waals surface area (Å²) < 4.78 is 0. The minimum atomic E-state index is -0.964. The molecule has 6 heteroatoms. The van der Waals surface area contributed by atoms with Crippen LogP contribution >= 0.6 is 11.8 Å². The largest absolute Gasteiger partial charge is 0.409 e. The molecular weight excluding hydrogens is 238 g/mol. The van der Waals surface area contributed by atoms with E-state index in [4.69, 9.17) is 10.9 Å². The molecule has 0 aromatic carbocycles. The predicted octanol–water partition coefficient (Wildman–Crippen LogP) is 1.41. The van der Waals surface area contributed by atoms with Crippen molar-refractivity contribution in [3.63, 3.8) is 0 Å². The molecule has 0 atom stereocenters. The van der Waals surface area contributed by atoms with Crippen molar-refractivity contribution in [2.45, 2.75) is 33.1 Å². The van der Waals surface area contributed by atoms with Crippen molar-refractivity contribution in [1.82, 2.24) is 5.32 Å². The Balaban J connectivity index is 3.86. The summed E-state index contributed by atoms with van der Waals surface area (Å²) in [4.78, 5) is 11.8. The molecule has 0 aliphatic rings. The second kappa shape index (κ2) is 8.22. The zero-order valence-electron chi connectivity index (χ0n) is 10.8. The highest BCUT2D eigenvalue weighted by molar-refractivity contribution is 7.98. The summed E-state index contributed by atoms with van der Waals surface area (Å²) in [5.74, 6) is 0.874. The van der Waals surface area contributed by atoms with Crippen LogP contribution in [0.1, 0.15) is 33.1 Å². The number of oxime groups is 1. The van der Waals surface area contributed by atoms with Gasteiger partial charge in [-0.05, 0) is 38.7 Å². The van der Waals surface area contributed by atoms with E-state index in [2.05, 4.69) is 16.7 Å². The van der Waals surface area contributed by atoms with Gasteiger partial charge in [-0.25, -0.2) is 0 Å². The maximum atomic E-state index is 11.8. The van der Waals surface area contributed by atoms with Crippen LogP contribution in [0.4, 0.5) is 0 Å². The summed E-state index contributed by atoms with van der Waals surface area (Å²) in [5, 5.41) is 14.2. The number of nitrogens with one attached hydrogen (secondary N) is 1. The van der Waals surface area contributed by atoms with Gasteiger partial charge in [0, 0.05) is 6.54 Å². The molecule has 0 aromatic rings. The lowest BCUT2D eigenvalue weighted by Gasteiger charge is -2.21. The first kappa shape index (κ1) is 16.1. The van der Waals surface area contributed by atoms with E-state index in [1.807, 2.05) is 11.8 Å². The molecule has 0 fully saturated rings. The van der Waals surface area contributed by atoms with Gasteiger partial charge in [-0.1, -0.05) is 11.6 Å². The lowest BCUT2D eigenvalue weighted by atomic mass is 9.91. The number of hydrogen-bond acceptors (Lipinski definition) is 4. The van der Waals surface area contributed by atoms with E-state index >= 15 is 0 Å². The summed E-state index contributed by atoms with van der Waals surface area (Å²) in [6, 6.07) is 0. The number of thioether (sulfide) groups is 1. The van der Waals surface area contributed by atoms with Crippen molar-refractivity contribution in [2.75, 3.05) is 18.6 Å². The predicted molar refractivity (Wildman–Crippen MR) is 72.4 cm³/mol. The van der Waals surface area contributed by atoms with E-state index in [0.29, 0.717) is 6.54 Å². The topological polar surface area (TPSA) is 87.7 Å². The van der Waals surface area contributed by atoms with Gasteiger partial charge in [0.1, 0.15) is 5.41 Å². The number of carbonyl (C=O) groups excluding carboxylic acids is 1. The van der Waals surface area contributed by atoms with Crippen molar-refractivity contribution >= 4 is 23.5 Å². The van der Waals surface area contributed by atoms with Crippen LogP contribution in [0.3, 0.4) is 0 Å². The highest BCUT2D eigenvalue weighted by Crippen LogP contribution is 2.15. The van der Waals surface area contributed by atoms with Crippen LogP contribution in [-0.2, 0) is 4.79 Å². The first-order valence-corrected chi connectivity index (χ1v) is 7.11. The maximum absolute atomic E-state index is 11.8. The Kier molecular flexibility index (Phi) is 7.78. The molecule has 0 rings (SSSR count). The summed E-state index contributed by atoms with van der Waals surface area (Å²) in [6.45, 7) is 3.89. The third kappa shape index (κ3) is 5.81. The highest BCUT2D eigenvalue weighted by atomic mass is 32.2. The van der Waals surface area contributed by atoms with Crippen LogP contribution in [0.15, 0.2) is 5.16 Å². The van der Waals surface area contributed by atoms with Crippen molar-refractivity contribution in [2.24, 2.45) is 16.3 Å². The van der Waals surface area contributed by atoms with E-state index in [-0.39, 0.29) is 11.7 Å². The highest BCUT2D eigenvalue weighted by Gasteiger charge is 2.32. The smallest absolute Gasteiger partial charge is 0.233 e. The molecule has 0 aliphatic carbocycles. The maximum Gasteiger partial charge on any atom is 0.233 e. The van der Waals surface area contributed by atoms with Crippen molar-refractivity contribution in [1.29, 1.82) is 0 Å². The Morgan fingerprint density at radius 3 is 2.59 bits per heavy atom. The van der Waals surface area contributed by atoms with E-state index in [1.165, 1.54) is 6.42 Å². The molecule has 0 radical (unpaired) electrons. The van der Waals surface area contributed by atoms with Gasteiger partial charge in [0.15, 0.2) is 5.84 Å². The minimum Gasteiger partial charge on any atom is -0.409 e. The monoisotopic (exact) mass is 261 g/mol. The van der Waals surface area contributed by atoms with Gasteiger partial charge in [0.2, 0.25) is 5.91 Å². The van der Waals surface area contributed by atoms with Crippen LogP contribution in [0.2, 0.25) is 0 Å². The first-order valence-electron chi connectivity index (χ1n) is 5.72. The van der Waals surface area contributed by atoms with Crippen LogP contribution in [0.25, 0.3) is 0 Å². The molecule has 4 N–H and O–H groups in total. The fourth-order valence-electron chi connectivity index (χ4n) is 1.21. The number of rotatable bonds is 8. The lowest BCUT2D eigenvalue weighted by molar-refractivity contribution is -0.126. The van der Waals surface area contributed by atoms with Crippen molar-refractivity contribution < 1.29 is 10.0 Å². The zero-order valence-corrected chi connectivity index (χ0v) is 11.6. The van der Waals surface area contributed by atoms with E-state index < -0.39 is 5.41 Å². The molecule has 5 nitrogen and oxygen atoms in total. The fourth-order valence-corrected chi connectivity index (χ4v) is 1.71. The zero-order chi connectivity index (χ0) is 13.3. The molecule has 0 spiro atoms. The minimum absolute atomic E-state index is 0.0719. The number of unbranched alkanes of at least 4 members (excludes halogenated alkanes) is 2. The molecule has 17 heavy (non-hydrogen) atoms. The first-order chi connectivity index (χ1) is 7.96. The van der Waals surface area contributed by atoms with Crippen LogP contribution in [-0.4, -0.2) is 35.5 Å². The van der Waals surface area contributed by atoms with Gasteiger partial charge in [0.05, 0.1) is 0 Å². The second-order valence-electron chi connectivity index (χ2n) is 4.42. The Morgan fingerprint density at radius 2 is 2.06 bits per heavy atom. The van der Waals surface area contributed by atoms with E-state index in [9.17, 15) is 4.79 Å². The Hall–Kier alpha value is -0.910. The summed E-state index contributed by atoms with van der Waals surface area (Å²) in [7, 11) is 0. The Morgan fingerprint density at radius 1 is 1.41 bits per heavy atom. The third-order valence-electron chi connectivity index (χ3n) is 2.63. The molecule has 0 bridgehead atoms. The quantitative estimate of drug-likeness (QED) is 0.203. The number of hydrogen-bond donors (Lipinski definition) is 3. The molecule has 0 aliphatic heterocycles. The van der Waals surface area contributed by atoms with E-state index in [1.54, 1.807) is 13.8 Å². The molecule has 1 amide bonds. The van der Waals surface area contributed by atoms with Gasteiger partial charge >= 0.3 is 0 Å². The van der Waals surface area contributed by atoms with E-state index in [0.717, 1.165) is 18.6 Å². The molecule has 100 valence electrons. The SMILES string of the molecule is CSCCCCCNC(=O)C(C)(C)C(N)=NO. The normalized spacial score (nSPS) is 12.5. The molecule has 0 unspecified atom stereocenters. The third-order valence-corrected chi connectivity index (χ3v) is 3.32. The van der Waals surface area contributed by atoms with Gasteiger partial charge in [-0.3, -0.25) is 4.79 Å². The number of amidine groups is 1. The summed E-state index contributed by atoms with van der Waals surface area (Å²) in [6.07, 6.45) is 5.31. The van der Waals surface area contributed by atoms with Gasteiger partial charge in [0.25, 0.3) is 0 Å². The van der Waals surface area contributed by atoms with Gasteiger partial charge < -0.3 is 16.3 Å². The molecule has 0 aromatic heterocycles. The second-order valence-corrected chi connectivity index (χ2v) is 5.41. The van der Waals surface area contributed by atoms with Crippen molar-refractivity contribution in [3.8, 4) is 0 Å². The standard InChI is InChI=1S/C11H23N3O2S/c1-11(2,9(12)14-16)10(15)13-7-5-4-6-8-17-3/h16H,4-8H2,1-3H3,(H2,12,14)(H,13,15). The van der Waals surface area contributed by atoms with Crippen molar-refractivity contribution in [3.05, 3.63) is 0 Å². The summed E-state index contributed by atoms with van der Waals surface area (Å²) >= 11 is 1.83. The van der Waals surface area contributed by atoms with Crippen LogP contribution in [0.5, 0.6) is 0 Å². The number of carbonyl (C=O) groups is 1. The van der Waals surface area contributed by atoms with Gasteiger partial charge in [-0.15, -0.1) is 0 Å². The molecule has 0 saturated heterocycles. The number of nitrogens with two attached hydrogens (primary N) is 1. The Labute approximate surface area is 107 Å². The molecule has 0 heterocycles. The molecule has 0 saturated carbocycles. The lowest BCUT2D eigenvalue weighted by Crippen LogP contribution is -2.46. The van der Waals surface area contributed by atoms with Gasteiger partial charge in [-0.2, -0.15) is 11.8 Å². The fraction of sp³-hybridized carbons (Fsp3) is 0.818. The average Bonchev–Trinajstić information content (AvgIpc) is 2.31. The van der Waals surface area contributed by atoms with Crippen LogP contribution in [0, 0.1) is 5.41 Å².